The Balaban J connectivity index is 1.48. The summed E-state index contributed by atoms with van der Waals surface area (Å²) in [5.41, 5.74) is 9.60. The minimum absolute atomic E-state index is 0.0299. The van der Waals surface area contributed by atoms with E-state index in [9.17, 15) is 18.0 Å². The lowest BCUT2D eigenvalue weighted by Crippen LogP contribution is -2.33. The number of nitriles is 1. The number of H-pyrrole nitrogens is 1. The summed E-state index contributed by atoms with van der Waals surface area (Å²) in [7, 11) is 0. The smallest absolute Gasteiger partial charge is 0.382 e. The van der Waals surface area contributed by atoms with E-state index in [0.29, 0.717) is 39.4 Å². The van der Waals surface area contributed by atoms with Gasteiger partial charge in [-0.05, 0) is 35.9 Å². The molecule has 0 bridgehead atoms. The molecule has 180 valence electrons. The van der Waals surface area contributed by atoms with Crippen LogP contribution in [0.1, 0.15) is 15.9 Å². The predicted octanol–water partition coefficient (Wildman–Crippen LogP) is 3.76. The SMILES string of the molecule is N#Cc1ccc2[nH]c(Nc3ccc(-c4c(C(=O)NCC(F)(F)F)cn5ncnc(N)c45)cc3)nc2c1. The molecular weight excluding hydrogens is 475 g/mol. The number of fused-ring (bicyclic) bond motifs is 2. The van der Waals surface area contributed by atoms with Crippen molar-refractivity contribution in [3.8, 4) is 17.2 Å². The molecule has 1 amide bonds. The van der Waals surface area contributed by atoms with Crippen LogP contribution in [0.2, 0.25) is 0 Å². The Bertz CT molecular complexity index is 1650. The van der Waals surface area contributed by atoms with Crippen LogP contribution in [-0.4, -0.2) is 43.2 Å². The van der Waals surface area contributed by atoms with E-state index in [1.165, 1.54) is 17.0 Å². The number of carbonyl (C=O) groups is 1. The normalized spacial score (nSPS) is 11.5. The van der Waals surface area contributed by atoms with Crippen molar-refractivity contribution in [1.29, 1.82) is 5.26 Å². The van der Waals surface area contributed by atoms with Gasteiger partial charge in [0.15, 0.2) is 5.82 Å². The van der Waals surface area contributed by atoms with E-state index in [4.69, 9.17) is 11.0 Å². The standard InChI is InChI=1S/C23H16F3N9O/c24-23(25,26)10-29-21(36)15-9-35-19(20(28)30-11-31-35)18(15)13-2-4-14(5-3-13)32-22-33-16-6-1-12(8-27)7-17(16)34-22/h1-7,9,11H,10H2,(H,29,36)(H2,28,30,31)(H2,32,33,34). The summed E-state index contributed by atoms with van der Waals surface area (Å²) in [6, 6.07) is 13.9. The zero-order chi connectivity index (χ0) is 25.4. The highest BCUT2D eigenvalue weighted by Gasteiger charge is 2.29. The number of hydrogen-bond acceptors (Lipinski definition) is 7. The second kappa shape index (κ2) is 8.58. The largest absolute Gasteiger partial charge is 0.405 e. The van der Waals surface area contributed by atoms with Gasteiger partial charge in [-0.1, -0.05) is 12.1 Å². The van der Waals surface area contributed by atoms with E-state index >= 15 is 0 Å². The molecule has 0 fully saturated rings. The number of alkyl halides is 3. The fraction of sp³-hybridized carbons (Fsp3) is 0.0870. The molecule has 13 heteroatoms. The summed E-state index contributed by atoms with van der Waals surface area (Å²) in [4.78, 5) is 24.1. The maximum Gasteiger partial charge on any atom is 0.405 e. The lowest BCUT2D eigenvalue weighted by molar-refractivity contribution is -0.123. The lowest BCUT2D eigenvalue weighted by Gasteiger charge is -2.10. The number of nitrogens with zero attached hydrogens (tertiary/aromatic N) is 5. The third-order valence-electron chi connectivity index (χ3n) is 5.34. The number of imidazole rings is 1. The summed E-state index contributed by atoms with van der Waals surface area (Å²) < 4.78 is 39.3. The van der Waals surface area contributed by atoms with Crippen LogP contribution in [0.4, 0.5) is 30.6 Å². The van der Waals surface area contributed by atoms with Crippen LogP contribution in [-0.2, 0) is 0 Å². The summed E-state index contributed by atoms with van der Waals surface area (Å²) in [5.74, 6) is -0.406. The molecule has 2 aromatic carbocycles. The second-order valence-electron chi connectivity index (χ2n) is 7.79. The molecule has 3 heterocycles. The summed E-state index contributed by atoms with van der Waals surface area (Å²) in [6.07, 6.45) is -2.07. The Morgan fingerprint density at radius 2 is 1.97 bits per heavy atom. The lowest BCUT2D eigenvalue weighted by atomic mass is 10.0. The monoisotopic (exact) mass is 491 g/mol. The number of amides is 1. The molecular formula is C23H16F3N9O. The topological polar surface area (TPSA) is 150 Å². The number of benzene rings is 2. The zero-order valence-corrected chi connectivity index (χ0v) is 18.3. The molecule has 36 heavy (non-hydrogen) atoms. The molecule has 5 aromatic rings. The number of carbonyl (C=O) groups excluding carboxylic acids is 1. The molecule has 0 spiro atoms. The van der Waals surface area contributed by atoms with Gasteiger partial charge in [0.1, 0.15) is 18.4 Å². The highest BCUT2D eigenvalue weighted by Crippen LogP contribution is 2.33. The van der Waals surface area contributed by atoms with Gasteiger partial charge in [-0.2, -0.15) is 23.5 Å². The van der Waals surface area contributed by atoms with Crippen LogP contribution in [0.25, 0.3) is 27.7 Å². The number of rotatable bonds is 5. The van der Waals surface area contributed by atoms with Crippen molar-refractivity contribution in [2.24, 2.45) is 0 Å². The Kier molecular flexibility index (Phi) is 5.40. The van der Waals surface area contributed by atoms with E-state index in [1.807, 2.05) is 5.32 Å². The molecule has 10 nitrogen and oxygen atoms in total. The van der Waals surface area contributed by atoms with Gasteiger partial charge in [0, 0.05) is 17.4 Å². The van der Waals surface area contributed by atoms with Crippen molar-refractivity contribution in [2.75, 3.05) is 17.6 Å². The molecule has 0 aliphatic carbocycles. The van der Waals surface area contributed by atoms with Crippen LogP contribution >= 0.6 is 0 Å². The molecule has 0 unspecified atom stereocenters. The first-order valence-corrected chi connectivity index (χ1v) is 10.5. The molecule has 0 saturated carbocycles. The summed E-state index contributed by atoms with van der Waals surface area (Å²) in [6.45, 7) is -1.48. The third-order valence-corrected chi connectivity index (χ3v) is 5.34. The Labute approximate surface area is 200 Å². The molecule has 5 N–H and O–H groups in total. The van der Waals surface area contributed by atoms with Gasteiger partial charge in [0.05, 0.1) is 28.2 Å². The van der Waals surface area contributed by atoms with E-state index in [-0.39, 0.29) is 11.4 Å². The first-order valence-electron chi connectivity index (χ1n) is 10.5. The first kappa shape index (κ1) is 22.7. The number of aromatic amines is 1. The van der Waals surface area contributed by atoms with Gasteiger partial charge in [0.2, 0.25) is 5.95 Å². The fourth-order valence-electron chi connectivity index (χ4n) is 3.77. The van der Waals surface area contributed by atoms with Crippen molar-refractivity contribution in [1.82, 2.24) is 29.9 Å². The van der Waals surface area contributed by atoms with E-state index in [0.717, 1.165) is 5.52 Å². The minimum Gasteiger partial charge on any atom is -0.382 e. The average molecular weight is 491 g/mol. The summed E-state index contributed by atoms with van der Waals surface area (Å²) in [5, 5.41) is 18.1. The van der Waals surface area contributed by atoms with Crippen LogP contribution in [0, 0.1) is 11.3 Å². The molecule has 0 radical (unpaired) electrons. The van der Waals surface area contributed by atoms with Crippen LogP contribution in [0.15, 0.2) is 55.0 Å². The summed E-state index contributed by atoms with van der Waals surface area (Å²) >= 11 is 0. The molecule has 0 aliphatic rings. The quantitative estimate of drug-likeness (QED) is 0.292. The van der Waals surface area contributed by atoms with Gasteiger partial charge in [0.25, 0.3) is 5.91 Å². The van der Waals surface area contributed by atoms with Crippen molar-refractivity contribution < 1.29 is 18.0 Å². The Hall–Kier alpha value is -5.12. The maximum absolute atomic E-state index is 12.7. The number of nitrogens with one attached hydrogen (secondary N) is 3. The zero-order valence-electron chi connectivity index (χ0n) is 18.3. The minimum atomic E-state index is -4.56. The van der Waals surface area contributed by atoms with Crippen molar-refractivity contribution in [2.45, 2.75) is 6.18 Å². The molecule has 3 aromatic heterocycles. The molecule has 0 aliphatic heterocycles. The van der Waals surface area contributed by atoms with Gasteiger partial charge < -0.3 is 21.4 Å². The van der Waals surface area contributed by atoms with Crippen molar-refractivity contribution >= 4 is 39.9 Å². The predicted molar refractivity (Wildman–Crippen MR) is 125 cm³/mol. The number of hydrogen-bond donors (Lipinski definition) is 4. The van der Waals surface area contributed by atoms with Gasteiger partial charge in [-0.3, -0.25) is 4.79 Å². The van der Waals surface area contributed by atoms with Crippen molar-refractivity contribution in [3.63, 3.8) is 0 Å². The average Bonchev–Trinajstić information content (AvgIpc) is 3.44. The fourth-order valence-corrected chi connectivity index (χ4v) is 3.77. The Morgan fingerprint density at radius 1 is 1.19 bits per heavy atom. The van der Waals surface area contributed by atoms with Gasteiger partial charge in [-0.25, -0.2) is 14.5 Å². The number of halogens is 3. The van der Waals surface area contributed by atoms with Crippen LogP contribution in [0.5, 0.6) is 0 Å². The highest BCUT2D eigenvalue weighted by molar-refractivity contribution is 6.07. The Morgan fingerprint density at radius 3 is 2.69 bits per heavy atom. The van der Waals surface area contributed by atoms with Gasteiger partial charge >= 0.3 is 6.18 Å². The van der Waals surface area contributed by atoms with Crippen LogP contribution in [0.3, 0.4) is 0 Å². The molecule has 0 atom stereocenters. The van der Waals surface area contributed by atoms with Crippen LogP contribution < -0.4 is 16.4 Å². The van der Waals surface area contributed by atoms with Crippen molar-refractivity contribution in [3.05, 3.63) is 66.1 Å². The van der Waals surface area contributed by atoms with E-state index in [1.54, 1.807) is 42.5 Å². The van der Waals surface area contributed by atoms with Gasteiger partial charge in [-0.15, -0.1) is 0 Å². The third kappa shape index (κ3) is 4.34. The van der Waals surface area contributed by atoms with E-state index in [2.05, 4.69) is 31.4 Å². The number of anilines is 3. The maximum atomic E-state index is 12.7. The highest BCUT2D eigenvalue weighted by atomic mass is 19.4. The molecule has 5 rings (SSSR count). The number of aromatic nitrogens is 5. The number of nitrogen functional groups attached to an aromatic ring is 1. The second-order valence-corrected chi connectivity index (χ2v) is 7.79. The first-order chi connectivity index (χ1) is 17.2. The molecule has 0 saturated heterocycles. The number of nitrogens with two attached hydrogens (primary N) is 1. The van der Waals surface area contributed by atoms with E-state index < -0.39 is 18.6 Å².